The average molecular weight is 375 g/mol. The topological polar surface area (TPSA) is 80.8 Å². The summed E-state index contributed by atoms with van der Waals surface area (Å²) in [6.45, 7) is 2.08. The zero-order chi connectivity index (χ0) is 18.7. The highest BCUT2D eigenvalue weighted by Gasteiger charge is 2.36. The summed E-state index contributed by atoms with van der Waals surface area (Å²) < 4.78 is 29.3. The predicted octanol–water partition coefficient (Wildman–Crippen LogP) is 3.67. The maximum Gasteiger partial charge on any atom is 0.288 e. The molecule has 2 aromatic rings. The molecule has 2 aromatic carbocycles. The Balaban J connectivity index is 1.80. The van der Waals surface area contributed by atoms with Crippen LogP contribution in [-0.2, 0) is 14.4 Å². The molecule has 0 atom stereocenters. The lowest BCUT2D eigenvalue weighted by molar-refractivity contribution is -0.0155. The number of hydrogen-bond acceptors (Lipinski definition) is 5. The zero-order valence-electron chi connectivity index (χ0n) is 14.6. The Kier molecular flexibility index (Phi) is 5.38. The zero-order valence-corrected chi connectivity index (χ0v) is 15.4. The molecule has 0 aliphatic carbocycles. The number of imide groups is 1. The summed E-state index contributed by atoms with van der Waals surface area (Å²) >= 11 is 0. The number of nitrogens with zero attached hydrogens (tertiary/aromatic N) is 1. The van der Waals surface area contributed by atoms with Crippen LogP contribution in [0.25, 0.3) is 10.8 Å². The Morgan fingerprint density at radius 1 is 0.885 bits per heavy atom. The summed E-state index contributed by atoms with van der Waals surface area (Å²) in [7, 11) is -4.02. The Morgan fingerprint density at radius 3 is 2.04 bits per heavy atom. The van der Waals surface area contributed by atoms with Gasteiger partial charge >= 0.3 is 0 Å². The van der Waals surface area contributed by atoms with Gasteiger partial charge in [0.1, 0.15) is 0 Å². The van der Waals surface area contributed by atoms with Gasteiger partial charge in [-0.2, -0.15) is 8.42 Å². The van der Waals surface area contributed by atoms with Crippen molar-refractivity contribution in [2.24, 2.45) is 0 Å². The first-order valence-corrected chi connectivity index (χ1v) is 10.3. The third-order valence-electron chi connectivity index (χ3n) is 4.42. The van der Waals surface area contributed by atoms with E-state index in [-0.39, 0.29) is 16.9 Å². The minimum absolute atomic E-state index is 0.223. The van der Waals surface area contributed by atoms with E-state index < -0.39 is 21.9 Å². The standard InChI is InChI=1S/C19H21NO5S/c1-2-3-4-5-6-13-26(23,24)25-20-18(21)15-11-7-9-14-10-8-12-16(17(14)15)19(20)22/h7-12H,2-6,13H2,1H3. The number of rotatable bonds is 8. The summed E-state index contributed by atoms with van der Waals surface area (Å²) in [5, 5.41) is 1.65. The van der Waals surface area contributed by atoms with Gasteiger partial charge in [-0.3, -0.25) is 9.59 Å². The largest absolute Gasteiger partial charge is 0.288 e. The van der Waals surface area contributed by atoms with E-state index in [1.807, 2.05) is 0 Å². The molecule has 0 spiro atoms. The molecule has 1 aliphatic heterocycles. The molecule has 0 radical (unpaired) electrons. The van der Waals surface area contributed by atoms with Gasteiger partial charge in [0, 0.05) is 5.39 Å². The van der Waals surface area contributed by atoms with Crippen LogP contribution >= 0.6 is 0 Å². The number of hydroxylamine groups is 2. The van der Waals surface area contributed by atoms with Gasteiger partial charge in [0.2, 0.25) is 0 Å². The molecular formula is C19H21NO5S. The lowest BCUT2D eigenvalue weighted by atomic mass is 9.95. The van der Waals surface area contributed by atoms with E-state index in [1.54, 1.807) is 36.4 Å². The highest BCUT2D eigenvalue weighted by Crippen LogP contribution is 2.30. The summed E-state index contributed by atoms with van der Waals surface area (Å²) in [6.07, 6.45) is 4.25. The van der Waals surface area contributed by atoms with Gasteiger partial charge in [0.25, 0.3) is 21.9 Å². The molecule has 2 amide bonds. The van der Waals surface area contributed by atoms with Gasteiger partial charge in [-0.1, -0.05) is 56.9 Å². The Bertz CT molecular complexity index is 901. The molecule has 0 saturated heterocycles. The van der Waals surface area contributed by atoms with Crippen molar-refractivity contribution in [1.29, 1.82) is 0 Å². The Hall–Kier alpha value is -2.25. The molecule has 7 heteroatoms. The first-order chi connectivity index (χ1) is 12.4. The third-order valence-corrected chi connectivity index (χ3v) is 5.59. The second-order valence-corrected chi connectivity index (χ2v) is 8.04. The summed E-state index contributed by atoms with van der Waals surface area (Å²) in [6, 6.07) is 10.1. The van der Waals surface area contributed by atoms with E-state index >= 15 is 0 Å². The van der Waals surface area contributed by atoms with Crippen LogP contribution in [0.2, 0.25) is 0 Å². The maximum absolute atomic E-state index is 12.6. The number of carbonyl (C=O) groups is 2. The summed E-state index contributed by atoms with van der Waals surface area (Å²) in [5.74, 6) is -1.73. The van der Waals surface area contributed by atoms with Crippen LogP contribution in [0.1, 0.15) is 59.7 Å². The minimum Gasteiger partial charge on any atom is -0.266 e. The van der Waals surface area contributed by atoms with Crippen LogP contribution in [0, 0.1) is 0 Å². The highest BCUT2D eigenvalue weighted by atomic mass is 32.2. The van der Waals surface area contributed by atoms with Crippen LogP contribution in [0.15, 0.2) is 36.4 Å². The monoisotopic (exact) mass is 375 g/mol. The van der Waals surface area contributed by atoms with Gasteiger partial charge < -0.3 is 0 Å². The van der Waals surface area contributed by atoms with Crippen LogP contribution < -0.4 is 0 Å². The molecule has 0 saturated carbocycles. The second kappa shape index (κ2) is 7.55. The molecule has 0 aromatic heterocycles. The van der Waals surface area contributed by atoms with Crippen LogP contribution in [0.5, 0.6) is 0 Å². The number of amides is 2. The van der Waals surface area contributed by atoms with E-state index in [0.717, 1.165) is 31.1 Å². The molecule has 6 nitrogen and oxygen atoms in total. The van der Waals surface area contributed by atoms with Crippen LogP contribution in [0.4, 0.5) is 0 Å². The van der Waals surface area contributed by atoms with E-state index in [9.17, 15) is 18.0 Å². The molecule has 0 fully saturated rings. The normalized spacial score (nSPS) is 14.3. The number of hydrogen-bond donors (Lipinski definition) is 0. The average Bonchev–Trinajstić information content (AvgIpc) is 2.63. The summed E-state index contributed by atoms with van der Waals surface area (Å²) in [5.41, 5.74) is 0.520. The van der Waals surface area contributed by atoms with Crippen LogP contribution in [0.3, 0.4) is 0 Å². The maximum atomic E-state index is 12.6. The molecule has 138 valence electrons. The molecule has 0 N–H and O–H groups in total. The van der Waals surface area contributed by atoms with Gasteiger partial charge in [-0.15, -0.1) is 9.35 Å². The summed E-state index contributed by atoms with van der Waals surface area (Å²) in [4.78, 5) is 25.2. The second-order valence-electron chi connectivity index (χ2n) is 6.36. The minimum atomic E-state index is -4.02. The van der Waals surface area contributed by atoms with E-state index in [4.69, 9.17) is 4.28 Å². The third kappa shape index (κ3) is 3.64. The van der Waals surface area contributed by atoms with Crippen molar-refractivity contribution < 1.29 is 22.3 Å². The van der Waals surface area contributed by atoms with E-state index in [1.165, 1.54) is 0 Å². The fraction of sp³-hybridized carbons (Fsp3) is 0.368. The number of benzene rings is 2. The Labute approximate surface area is 152 Å². The predicted molar refractivity (Wildman–Crippen MR) is 98.1 cm³/mol. The fourth-order valence-corrected chi connectivity index (χ4v) is 4.10. The van der Waals surface area contributed by atoms with Crippen molar-refractivity contribution in [3.05, 3.63) is 47.5 Å². The molecule has 1 heterocycles. The van der Waals surface area contributed by atoms with Gasteiger partial charge in [-0.25, -0.2) is 0 Å². The van der Waals surface area contributed by atoms with Crippen molar-refractivity contribution in [2.75, 3.05) is 5.75 Å². The lowest BCUT2D eigenvalue weighted by Gasteiger charge is -2.25. The van der Waals surface area contributed by atoms with Crippen molar-refractivity contribution in [3.8, 4) is 0 Å². The van der Waals surface area contributed by atoms with E-state index in [2.05, 4.69) is 6.92 Å². The smallest absolute Gasteiger partial charge is 0.266 e. The van der Waals surface area contributed by atoms with Crippen molar-refractivity contribution >= 4 is 32.7 Å². The van der Waals surface area contributed by atoms with Gasteiger partial charge in [0.05, 0.1) is 16.9 Å². The van der Waals surface area contributed by atoms with Crippen molar-refractivity contribution in [1.82, 2.24) is 5.06 Å². The van der Waals surface area contributed by atoms with Crippen LogP contribution in [-0.4, -0.2) is 31.0 Å². The fourth-order valence-electron chi connectivity index (χ4n) is 3.11. The Morgan fingerprint density at radius 2 is 1.46 bits per heavy atom. The molecule has 26 heavy (non-hydrogen) atoms. The van der Waals surface area contributed by atoms with Crippen molar-refractivity contribution in [3.63, 3.8) is 0 Å². The molecule has 1 aliphatic rings. The molecule has 3 rings (SSSR count). The molecule has 0 bridgehead atoms. The molecular weight excluding hydrogens is 354 g/mol. The van der Waals surface area contributed by atoms with Crippen molar-refractivity contribution in [2.45, 2.75) is 39.0 Å². The van der Waals surface area contributed by atoms with Gasteiger partial charge in [0.15, 0.2) is 0 Å². The quantitative estimate of drug-likeness (QED) is 0.519. The van der Waals surface area contributed by atoms with E-state index in [0.29, 0.717) is 16.9 Å². The molecule has 0 unspecified atom stereocenters. The lowest BCUT2D eigenvalue weighted by Crippen LogP contribution is -2.42. The van der Waals surface area contributed by atoms with Gasteiger partial charge in [-0.05, 0) is 23.9 Å². The number of unbranched alkanes of at least 4 members (excludes halogenated alkanes) is 4. The number of carbonyl (C=O) groups excluding carboxylic acids is 2. The SMILES string of the molecule is CCCCCCCS(=O)(=O)ON1C(=O)c2cccc3cccc(c23)C1=O. The first kappa shape index (κ1) is 18.5. The first-order valence-electron chi connectivity index (χ1n) is 8.77. The highest BCUT2D eigenvalue weighted by molar-refractivity contribution is 7.86.